The van der Waals surface area contributed by atoms with Crippen LogP contribution in [0.3, 0.4) is 0 Å². The zero-order chi connectivity index (χ0) is 13.8. The highest BCUT2D eigenvalue weighted by molar-refractivity contribution is 5.70. The van der Waals surface area contributed by atoms with Crippen LogP contribution in [-0.4, -0.2) is 48.1 Å². The van der Waals surface area contributed by atoms with Crippen molar-refractivity contribution >= 4 is 6.09 Å². The zero-order valence-electron chi connectivity index (χ0n) is 11.8. The van der Waals surface area contributed by atoms with Gasteiger partial charge in [-0.2, -0.15) is 0 Å². The first-order valence-electron chi connectivity index (χ1n) is 7.59. The van der Waals surface area contributed by atoms with Gasteiger partial charge in [0.25, 0.3) is 0 Å². The summed E-state index contributed by atoms with van der Waals surface area (Å²) in [5, 5.41) is 0. The summed E-state index contributed by atoms with van der Waals surface area (Å²) < 4.78 is 5.43. The maximum atomic E-state index is 12.2. The summed E-state index contributed by atoms with van der Waals surface area (Å²) in [6.45, 7) is 4.00. The fourth-order valence-electron chi connectivity index (χ4n) is 3.18. The minimum atomic E-state index is -0.208. The predicted molar refractivity (Wildman–Crippen MR) is 77.9 cm³/mol. The van der Waals surface area contributed by atoms with Crippen LogP contribution in [0.1, 0.15) is 25.7 Å². The number of hydrogen-bond acceptors (Lipinski definition) is 3. The Labute approximate surface area is 120 Å². The number of piperidine rings is 1. The van der Waals surface area contributed by atoms with Crippen LogP contribution in [0.15, 0.2) is 30.3 Å². The van der Waals surface area contributed by atoms with Crippen molar-refractivity contribution in [2.24, 2.45) is 0 Å². The first kappa shape index (κ1) is 13.4. The molecule has 1 atom stereocenters. The molecule has 0 spiro atoms. The fourth-order valence-corrected chi connectivity index (χ4v) is 3.18. The van der Waals surface area contributed by atoms with Gasteiger partial charge in [0.15, 0.2) is 0 Å². The zero-order valence-corrected chi connectivity index (χ0v) is 11.8. The normalized spacial score (nSPS) is 23.8. The van der Waals surface area contributed by atoms with Crippen LogP contribution in [0.5, 0.6) is 5.75 Å². The van der Waals surface area contributed by atoms with Crippen LogP contribution < -0.4 is 4.74 Å². The molecule has 108 valence electrons. The molecule has 20 heavy (non-hydrogen) atoms. The van der Waals surface area contributed by atoms with Gasteiger partial charge < -0.3 is 9.64 Å². The van der Waals surface area contributed by atoms with E-state index in [-0.39, 0.29) is 6.09 Å². The molecule has 0 bridgehead atoms. The molecule has 0 aromatic heterocycles. The summed E-state index contributed by atoms with van der Waals surface area (Å²) in [5.74, 6) is 0.626. The molecule has 1 amide bonds. The van der Waals surface area contributed by atoms with Crippen LogP contribution >= 0.6 is 0 Å². The molecule has 2 heterocycles. The summed E-state index contributed by atoms with van der Waals surface area (Å²) in [7, 11) is 0. The highest BCUT2D eigenvalue weighted by Gasteiger charge is 2.29. The van der Waals surface area contributed by atoms with E-state index >= 15 is 0 Å². The maximum absolute atomic E-state index is 12.2. The van der Waals surface area contributed by atoms with Crippen molar-refractivity contribution in [3.8, 4) is 5.75 Å². The van der Waals surface area contributed by atoms with Gasteiger partial charge in [-0.05, 0) is 50.9 Å². The lowest BCUT2D eigenvalue weighted by Crippen LogP contribution is -2.49. The highest BCUT2D eigenvalue weighted by atomic mass is 16.6. The molecule has 4 heteroatoms. The van der Waals surface area contributed by atoms with Crippen molar-refractivity contribution in [1.82, 2.24) is 9.80 Å². The first-order chi connectivity index (χ1) is 9.83. The van der Waals surface area contributed by atoms with Gasteiger partial charge in [0.05, 0.1) is 0 Å². The largest absolute Gasteiger partial charge is 0.415 e. The van der Waals surface area contributed by atoms with Gasteiger partial charge in [-0.3, -0.25) is 4.90 Å². The smallest absolute Gasteiger partial charge is 0.410 e. The van der Waals surface area contributed by atoms with E-state index in [1.54, 1.807) is 0 Å². The summed E-state index contributed by atoms with van der Waals surface area (Å²) in [4.78, 5) is 16.6. The molecular weight excluding hydrogens is 252 g/mol. The Morgan fingerprint density at radius 2 is 1.80 bits per heavy atom. The molecular formula is C16H22N2O2. The summed E-state index contributed by atoms with van der Waals surface area (Å²) in [5.41, 5.74) is 0. The second kappa shape index (κ2) is 6.27. The van der Waals surface area contributed by atoms with E-state index < -0.39 is 0 Å². The number of carbonyl (C=O) groups excluding carboxylic acids is 1. The molecule has 1 aromatic rings. The number of para-hydroxylation sites is 1. The van der Waals surface area contributed by atoms with E-state index in [2.05, 4.69) is 4.90 Å². The average molecular weight is 274 g/mol. The summed E-state index contributed by atoms with van der Waals surface area (Å²) in [6, 6.07) is 9.84. The monoisotopic (exact) mass is 274 g/mol. The lowest BCUT2D eigenvalue weighted by atomic mass is 10.1. The van der Waals surface area contributed by atoms with Crippen molar-refractivity contribution in [3.05, 3.63) is 30.3 Å². The van der Waals surface area contributed by atoms with E-state index in [0.29, 0.717) is 11.8 Å². The summed E-state index contributed by atoms with van der Waals surface area (Å²) >= 11 is 0. The van der Waals surface area contributed by atoms with Crippen molar-refractivity contribution in [2.45, 2.75) is 31.7 Å². The Kier molecular flexibility index (Phi) is 4.21. The van der Waals surface area contributed by atoms with Gasteiger partial charge in [-0.15, -0.1) is 0 Å². The van der Waals surface area contributed by atoms with E-state index in [9.17, 15) is 4.79 Å². The first-order valence-corrected chi connectivity index (χ1v) is 7.59. The van der Waals surface area contributed by atoms with Crippen LogP contribution in [0, 0.1) is 0 Å². The second-order valence-electron chi connectivity index (χ2n) is 5.67. The van der Waals surface area contributed by atoms with Crippen LogP contribution in [-0.2, 0) is 0 Å². The molecule has 4 nitrogen and oxygen atoms in total. The van der Waals surface area contributed by atoms with Gasteiger partial charge >= 0.3 is 6.09 Å². The maximum Gasteiger partial charge on any atom is 0.415 e. The number of carbonyl (C=O) groups is 1. The molecule has 0 saturated carbocycles. The molecule has 0 radical (unpaired) electrons. The second-order valence-corrected chi connectivity index (χ2v) is 5.67. The third-order valence-electron chi connectivity index (χ3n) is 4.26. The van der Waals surface area contributed by atoms with Crippen molar-refractivity contribution < 1.29 is 9.53 Å². The molecule has 1 unspecified atom stereocenters. The third-order valence-corrected chi connectivity index (χ3v) is 4.26. The molecule has 2 aliphatic rings. The SMILES string of the molecule is O=C(Oc1ccccc1)N1CCCC(N2CCCC2)C1. The third kappa shape index (κ3) is 3.12. The molecule has 1 aromatic carbocycles. The standard InChI is InChI=1S/C16H22N2O2/c19-16(20-15-8-2-1-3-9-15)18-12-6-7-14(13-18)17-10-4-5-11-17/h1-3,8-9,14H,4-7,10-13H2. The lowest BCUT2D eigenvalue weighted by Gasteiger charge is -2.36. The van der Waals surface area contributed by atoms with Crippen LogP contribution in [0.2, 0.25) is 0 Å². The van der Waals surface area contributed by atoms with E-state index in [0.717, 1.165) is 19.5 Å². The predicted octanol–water partition coefficient (Wildman–Crippen LogP) is 2.75. The van der Waals surface area contributed by atoms with Gasteiger partial charge in [-0.25, -0.2) is 4.79 Å². The Balaban J connectivity index is 1.57. The average Bonchev–Trinajstić information content (AvgIpc) is 3.03. The number of ether oxygens (including phenoxy) is 1. The molecule has 2 fully saturated rings. The van der Waals surface area contributed by atoms with Crippen molar-refractivity contribution in [1.29, 1.82) is 0 Å². The number of likely N-dealkylation sites (tertiary alicyclic amines) is 2. The Morgan fingerprint density at radius 3 is 2.55 bits per heavy atom. The van der Waals surface area contributed by atoms with E-state index in [1.807, 2.05) is 35.2 Å². The number of benzene rings is 1. The van der Waals surface area contributed by atoms with Crippen LogP contribution in [0.25, 0.3) is 0 Å². The van der Waals surface area contributed by atoms with Gasteiger partial charge in [0, 0.05) is 19.1 Å². The Morgan fingerprint density at radius 1 is 1.05 bits per heavy atom. The van der Waals surface area contributed by atoms with Crippen molar-refractivity contribution in [2.75, 3.05) is 26.2 Å². The molecule has 0 N–H and O–H groups in total. The van der Waals surface area contributed by atoms with Crippen molar-refractivity contribution in [3.63, 3.8) is 0 Å². The van der Waals surface area contributed by atoms with Gasteiger partial charge in [-0.1, -0.05) is 18.2 Å². The van der Waals surface area contributed by atoms with Gasteiger partial charge in [0.2, 0.25) is 0 Å². The molecule has 2 saturated heterocycles. The van der Waals surface area contributed by atoms with Crippen LogP contribution in [0.4, 0.5) is 4.79 Å². The number of hydrogen-bond donors (Lipinski definition) is 0. The van der Waals surface area contributed by atoms with Gasteiger partial charge in [0.1, 0.15) is 5.75 Å². The minimum Gasteiger partial charge on any atom is -0.410 e. The Bertz CT molecular complexity index is 443. The topological polar surface area (TPSA) is 32.8 Å². The fraction of sp³-hybridized carbons (Fsp3) is 0.562. The highest BCUT2D eigenvalue weighted by Crippen LogP contribution is 2.21. The lowest BCUT2D eigenvalue weighted by molar-refractivity contribution is 0.101. The van der Waals surface area contributed by atoms with E-state index in [4.69, 9.17) is 4.74 Å². The molecule has 3 rings (SSSR count). The number of rotatable bonds is 2. The molecule has 2 aliphatic heterocycles. The van der Waals surface area contributed by atoms with E-state index in [1.165, 1.54) is 32.4 Å². The number of nitrogens with zero attached hydrogens (tertiary/aromatic N) is 2. The summed E-state index contributed by atoms with van der Waals surface area (Å²) in [6.07, 6.45) is 4.66. The number of amides is 1. The molecule has 0 aliphatic carbocycles. The quantitative estimate of drug-likeness (QED) is 0.831. The Hall–Kier alpha value is -1.55. The minimum absolute atomic E-state index is 0.208.